The molecule has 9 amide bonds. The molecular formula is C82H130N10O21. The van der Waals surface area contributed by atoms with Crippen molar-refractivity contribution in [3.63, 3.8) is 0 Å². The van der Waals surface area contributed by atoms with Crippen molar-refractivity contribution >= 4 is 81.4 Å². The number of aromatic nitrogens is 1. The summed E-state index contributed by atoms with van der Waals surface area (Å²) in [5, 5.41) is 44.6. The van der Waals surface area contributed by atoms with Crippen LogP contribution >= 0.6 is 0 Å². The number of fused-ring (bicyclic) bond motifs is 1. The molecule has 11 N–H and O–H groups in total. The van der Waals surface area contributed by atoms with Crippen LogP contribution in [-0.2, 0) is 98.8 Å². The maximum atomic E-state index is 14.6. The molecule has 2 aliphatic heterocycles. The average Bonchev–Trinajstić information content (AvgIpc) is 1.82. The lowest BCUT2D eigenvalue weighted by atomic mass is 9.81. The number of carbonyl (C=O) groups is 12. The molecule has 8 atom stereocenters. The second-order valence-corrected chi connectivity index (χ2v) is 29.3. The predicted octanol–water partition coefficient (Wildman–Crippen LogP) is 4.48. The van der Waals surface area contributed by atoms with Crippen LogP contribution in [0.4, 0.5) is 0 Å². The van der Waals surface area contributed by atoms with Gasteiger partial charge in [0.15, 0.2) is 5.78 Å². The van der Waals surface area contributed by atoms with E-state index in [1.807, 2.05) is 56.9 Å². The van der Waals surface area contributed by atoms with Gasteiger partial charge in [-0.25, -0.2) is 0 Å². The molecule has 5 rings (SSSR count). The number of carbonyl (C=O) groups excluding carboxylic acids is 12. The molecule has 634 valence electrons. The summed E-state index contributed by atoms with van der Waals surface area (Å²) < 4.78 is 31.9. The van der Waals surface area contributed by atoms with E-state index >= 15 is 0 Å². The largest absolute Gasteiger partial charge is 0.508 e. The molecule has 0 bridgehead atoms. The van der Waals surface area contributed by atoms with Crippen LogP contribution in [0.2, 0.25) is 0 Å². The second-order valence-electron chi connectivity index (χ2n) is 29.3. The maximum absolute atomic E-state index is 14.6. The quantitative estimate of drug-likeness (QED) is 0.0359. The van der Waals surface area contributed by atoms with Gasteiger partial charge in [-0.15, -0.1) is 0 Å². The van der Waals surface area contributed by atoms with Crippen LogP contribution in [0, 0.1) is 23.7 Å². The molecule has 2 aliphatic rings. The molecule has 0 spiro atoms. The normalized spacial score (nSPS) is 21.2. The van der Waals surface area contributed by atoms with Gasteiger partial charge in [0.25, 0.3) is 0 Å². The fourth-order valence-corrected chi connectivity index (χ4v) is 13.5. The molecule has 1 aromatic heterocycles. The first kappa shape index (κ1) is 97.1. The van der Waals surface area contributed by atoms with Crippen molar-refractivity contribution < 1.29 is 101 Å². The number of aromatic amines is 1. The van der Waals surface area contributed by atoms with E-state index in [2.05, 4.69) is 38.5 Å². The third-order valence-electron chi connectivity index (χ3n) is 20.1. The number of phenolic OH excluding ortho intramolecular Hbond substituents is 1. The molecule has 0 radical (unpaired) electrons. The summed E-state index contributed by atoms with van der Waals surface area (Å²) in [6.45, 7) is 13.1. The Morgan fingerprint density at radius 1 is 0.522 bits per heavy atom. The smallest absolute Gasteiger partial charge is 0.245 e. The minimum Gasteiger partial charge on any atom is -0.508 e. The van der Waals surface area contributed by atoms with Gasteiger partial charge < -0.3 is 95.7 Å². The number of nitrogens with one attached hydrogen (secondary N) is 6. The Morgan fingerprint density at radius 3 is 1.52 bits per heavy atom. The number of aliphatic hydroxyl groups is 2. The van der Waals surface area contributed by atoms with Gasteiger partial charge in [0.05, 0.1) is 92.1 Å². The zero-order valence-corrected chi connectivity index (χ0v) is 67.8. The number of aliphatic hydroxyl groups excluding tert-OH is 2. The Hall–Kier alpha value is -8.30. The number of amides is 9. The Bertz CT molecular complexity index is 3370. The highest BCUT2D eigenvalue weighted by Crippen LogP contribution is 2.27. The number of nitrogens with zero attached hydrogens (tertiary/aromatic N) is 3. The average molecular weight is 1590 g/mol. The van der Waals surface area contributed by atoms with Crippen molar-refractivity contribution in [2.24, 2.45) is 29.4 Å². The highest BCUT2D eigenvalue weighted by atomic mass is 16.5. The molecule has 2 fully saturated rings. The second kappa shape index (κ2) is 56.0. The number of aromatic hydroxyl groups is 1. The number of nitrogens with two attached hydrogens (primary N) is 1. The van der Waals surface area contributed by atoms with E-state index in [0.717, 1.165) is 62.4 Å². The number of benzene rings is 2. The van der Waals surface area contributed by atoms with Crippen molar-refractivity contribution in [3.05, 3.63) is 65.9 Å². The van der Waals surface area contributed by atoms with Crippen molar-refractivity contribution in [3.8, 4) is 5.75 Å². The van der Waals surface area contributed by atoms with Gasteiger partial charge >= 0.3 is 0 Å². The summed E-state index contributed by atoms with van der Waals surface area (Å²) in [5.74, 6) is -6.92. The van der Waals surface area contributed by atoms with Gasteiger partial charge in [0, 0.05) is 114 Å². The van der Waals surface area contributed by atoms with Crippen molar-refractivity contribution in [2.75, 3.05) is 133 Å². The minimum atomic E-state index is -1.70. The molecule has 2 saturated heterocycles. The lowest BCUT2D eigenvalue weighted by molar-refractivity contribution is -0.140. The van der Waals surface area contributed by atoms with Gasteiger partial charge in [-0.05, 0) is 112 Å². The summed E-state index contributed by atoms with van der Waals surface area (Å²) in [7, 11) is 3.20. The highest BCUT2D eigenvalue weighted by molar-refractivity contribution is 5.98. The Morgan fingerprint density at radius 2 is 0.991 bits per heavy atom. The Labute approximate surface area is 666 Å². The molecule has 31 nitrogen and oxygen atoms in total. The van der Waals surface area contributed by atoms with Crippen molar-refractivity contribution in [1.29, 1.82) is 0 Å². The number of H-pyrrole nitrogens is 1. The van der Waals surface area contributed by atoms with E-state index in [9.17, 15) is 72.9 Å². The summed E-state index contributed by atoms with van der Waals surface area (Å²) in [6.07, 6.45) is 10.4. The number of hydrogen-bond acceptors (Lipinski definition) is 21. The number of primary amides is 1. The number of Topliss-reactive ketones (excluding diaryl/α,β-unsaturated/α-hetero) is 3. The molecule has 3 heterocycles. The van der Waals surface area contributed by atoms with Crippen LogP contribution in [0.3, 0.4) is 0 Å². The Balaban J connectivity index is 0.000000701. The zero-order chi connectivity index (χ0) is 82.9. The third kappa shape index (κ3) is 37.7. The monoisotopic (exact) mass is 1590 g/mol. The van der Waals surface area contributed by atoms with Crippen molar-refractivity contribution in [1.82, 2.24) is 46.3 Å². The SMILES string of the molecule is CCC(=O)CC1CCCCN(C(=O)CCOCCOCCOC)CCCC[C@H](CC)C1=O.CCC1CCCCN(C(=O)CCOCCOCCOC)CCCCN(CC(=O)CO)C(=O)[C@H](CC(C)C)NC(=O)C(Cc2ccc(O)cc2)NC(=O)[C@H](CCC(N)=O)NC(=O)C(CO)NC(=O)[C@H](Cc2c[nH]c3ccccc23)NC1=O. The summed E-state index contributed by atoms with van der Waals surface area (Å²) >= 11 is 0. The fraction of sp³-hybridized carbons (Fsp3) is 0.683. The van der Waals surface area contributed by atoms with Gasteiger partial charge in [-0.2, -0.15) is 0 Å². The van der Waals surface area contributed by atoms with Gasteiger partial charge in [-0.1, -0.05) is 84.2 Å². The van der Waals surface area contributed by atoms with Crippen LogP contribution in [0.5, 0.6) is 5.75 Å². The summed E-state index contributed by atoms with van der Waals surface area (Å²) in [5.41, 5.74) is 7.39. The van der Waals surface area contributed by atoms with Gasteiger partial charge in [0.1, 0.15) is 54.1 Å². The van der Waals surface area contributed by atoms with E-state index in [1.165, 1.54) is 29.2 Å². The van der Waals surface area contributed by atoms with Crippen LogP contribution in [-0.4, -0.2) is 268 Å². The van der Waals surface area contributed by atoms with Crippen LogP contribution in [0.15, 0.2) is 54.7 Å². The predicted molar refractivity (Wildman–Crippen MR) is 423 cm³/mol. The van der Waals surface area contributed by atoms with Gasteiger partial charge in [0.2, 0.25) is 53.2 Å². The molecular weight excluding hydrogens is 1460 g/mol. The number of hydrogen-bond donors (Lipinski definition) is 10. The van der Waals surface area contributed by atoms with E-state index in [0.29, 0.717) is 135 Å². The first-order chi connectivity index (χ1) is 54.4. The lowest BCUT2D eigenvalue weighted by Gasteiger charge is -2.30. The standard InChI is InChI=1S/C57H85N9O15.C25H45NO6/c1-5-39-12-8-9-22-65(51(72)21-25-80-28-29-81-27-26-79-4)23-10-11-24-66(34-42(70)35-67)57(78)48(30-37(2)3)63-54(75)46(31-38-15-17-41(69)18-16-38)62-53(74)45(19-20-50(58)71)60-56(77)49(36-68)64-55(76)47(61-52(39)73)32-40-33-59-44-14-7-6-13-43(40)44;1-4-21-10-6-8-13-26(24(28)12-15-31-18-19-32-17-16-30-3)14-9-7-11-22(25(21)29)20-23(27)5-2/h6-7,13-18,33,37,39,45-49,59,67-69H,5,8-12,19-32,34-36H2,1-4H3,(H2,58,71)(H,60,77)(H,61,73)(H,62,74)(H,63,75)(H,64,76);21-22H,4-20H2,1-3H3/t39?,45-,46?,47-,48-,49?;21-,22?/m00/s1. The fourth-order valence-electron chi connectivity index (χ4n) is 13.5. The number of para-hydroxylation sites is 1. The molecule has 4 unspecified atom stereocenters. The van der Waals surface area contributed by atoms with Crippen molar-refractivity contribution in [2.45, 2.75) is 206 Å². The number of rotatable bonds is 36. The number of ketones is 3. The molecule has 113 heavy (non-hydrogen) atoms. The number of methoxy groups -OCH3 is 2. The highest BCUT2D eigenvalue weighted by Gasteiger charge is 2.36. The third-order valence-corrected chi connectivity index (χ3v) is 20.1. The zero-order valence-electron chi connectivity index (χ0n) is 67.8. The molecule has 0 saturated carbocycles. The van der Waals surface area contributed by atoms with Gasteiger partial charge in [-0.3, -0.25) is 57.5 Å². The van der Waals surface area contributed by atoms with Crippen LogP contribution < -0.4 is 32.3 Å². The first-order valence-corrected chi connectivity index (χ1v) is 40.5. The molecule has 0 aliphatic carbocycles. The summed E-state index contributed by atoms with van der Waals surface area (Å²) in [4.78, 5) is 171. The Kier molecular flexibility index (Phi) is 48.1. The molecule has 2 aromatic carbocycles. The summed E-state index contributed by atoms with van der Waals surface area (Å²) in [6, 6.07) is 5.79. The number of phenols is 1. The molecule has 3 aromatic rings. The van der Waals surface area contributed by atoms with E-state index in [4.69, 9.17) is 34.2 Å². The van der Waals surface area contributed by atoms with E-state index in [1.54, 1.807) is 25.3 Å². The first-order valence-electron chi connectivity index (χ1n) is 40.5. The molecule has 31 heteroatoms. The topological polar surface area (TPSA) is 433 Å². The minimum absolute atomic E-state index is 0.00104. The van der Waals surface area contributed by atoms with E-state index in [-0.39, 0.29) is 98.9 Å². The lowest BCUT2D eigenvalue weighted by Crippen LogP contribution is -2.60. The number of ether oxygens (including phenoxy) is 6. The van der Waals surface area contributed by atoms with Crippen LogP contribution in [0.1, 0.15) is 174 Å². The maximum Gasteiger partial charge on any atom is 0.245 e. The van der Waals surface area contributed by atoms with Crippen LogP contribution in [0.25, 0.3) is 10.9 Å². The van der Waals surface area contributed by atoms with E-state index < -0.39 is 116 Å².